The molecular formula is C18H12ClIN4O. The lowest BCUT2D eigenvalue weighted by Crippen LogP contribution is -2.15. The molecule has 25 heavy (non-hydrogen) atoms. The summed E-state index contributed by atoms with van der Waals surface area (Å²) in [4.78, 5) is 16.3. The summed E-state index contributed by atoms with van der Waals surface area (Å²) in [5.41, 5.74) is 8.93. The van der Waals surface area contributed by atoms with E-state index in [1.165, 1.54) is 0 Å². The highest BCUT2D eigenvalue weighted by molar-refractivity contribution is 14.1. The molecule has 1 aromatic heterocycles. The van der Waals surface area contributed by atoms with Crippen LogP contribution in [0.2, 0.25) is 5.15 Å². The van der Waals surface area contributed by atoms with Crippen LogP contribution in [0.25, 0.3) is 10.9 Å². The van der Waals surface area contributed by atoms with Crippen LogP contribution in [-0.2, 0) is 0 Å². The molecule has 0 saturated heterocycles. The third-order valence-corrected chi connectivity index (χ3v) is 4.60. The standard InChI is InChI=1S/C18H12ClIN4O/c1-9-5-11(20)7-13-15(9)24-17(19)14(18(22)25)16(13)23-12-4-2-3-10(6-12)8-21/h2-7H,1H3,(H2,22,25)(H,23,24). The van der Waals surface area contributed by atoms with Gasteiger partial charge in [-0.15, -0.1) is 0 Å². The van der Waals surface area contributed by atoms with Crippen molar-refractivity contribution in [3.8, 4) is 6.07 Å². The minimum absolute atomic E-state index is 0.0447. The van der Waals surface area contributed by atoms with Crippen molar-refractivity contribution in [2.45, 2.75) is 6.92 Å². The Bertz CT molecular complexity index is 1060. The number of amides is 1. The monoisotopic (exact) mass is 462 g/mol. The number of primary amides is 1. The quantitative estimate of drug-likeness (QED) is 0.442. The molecule has 0 aliphatic heterocycles. The Kier molecular flexibility index (Phi) is 4.79. The summed E-state index contributed by atoms with van der Waals surface area (Å²) in [7, 11) is 0. The second kappa shape index (κ2) is 6.86. The minimum Gasteiger partial charge on any atom is -0.365 e. The van der Waals surface area contributed by atoms with Gasteiger partial charge in [-0.2, -0.15) is 5.26 Å². The smallest absolute Gasteiger partial charge is 0.253 e. The molecule has 0 atom stereocenters. The summed E-state index contributed by atoms with van der Waals surface area (Å²) in [6, 6.07) is 12.9. The van der Waals surface area contributed by atoms with Gasteiger partial charge >= 0.3 is 0 Å². The van der Waals surface area contributed by atoms with E-state index in [2.05, 4.69) is 39.0 Å². The molecule has 0 aliphatic carbocycles. The van der Waals surface area contributed by atoms with E-state index >= 15 is 0 Å². The lowest BCUT2D eigenvalue weighted by Gasteiger charge is -2.16. The van der Waals surface area contributed by atoms with Gasteiger partial charge in [0.15, 0.2) is 0 Å². The van der Waals surface area contributed by atoms with Crippen LogP contribution in [0.1, 0.15) is 21.5 Å². The van der Waals surface area contributed by atoms with E-state index in [9.17, 15) is 4.79 Å². The van der Waals surface area contributed by atoms with E-state index in [0.29, 0.717) is 22.5 Å². The highest BCUT2D eigenvalue weighted by atomic mass is 127. The topological polar surface area (TPSA) is 91.8 Å². The van der Waals surface area contributed by atoms with Gasteiger partial charge < -0.3 is 11.1 Å². The molecule has 124 valence electrons. The van der Waals surface area contributed by atoms with Gasteiger partial charge in [-0.3, -0.25) is 4.79 Å². The number of halogens is 2. The normalized spacial score (nSPS) is 10.5. The van der Waals surface area contributed by atoms with Crippen molar-refractivity contribution in [1.82, 2.24) is 4.98 Å². The van der Waals surface area contributed by atoms with Gasteiger partial charge in [-0.05, 0) is 65.4 Å². The maximum atomic E-state index is 12.0. The molecular weight excluding hydrogens is 451 g/mol. The van der Waals surface area contributed by atoms with Crippen molar-refractivity contribution in [3.05, 3.63) is 61.8 Å². The van der Waals surface area contributed by atoms with Crippen molar-refractivity contribution < 1.29 is 4.79 Å². The maximum Gasteiger partial charge on any atom is 0.253 e. The molecule has 0 radical (unpaired) electrons. The van der Waals surface area contributed by atoms with Crippen LogP contribution < -0.4 is 11.1 Å². The molecule has 5 nitrogen and oxygen atoms in total. The summed E-state index contributed by atoms with van der Waals surface area (Å²) in [6.07, 6.45) is 0. The number of aryl methyl sites for hydroxylation is 1. The summed E-state index contributed by atoms with van der Waals surface area (Å²) in [5.74, 6) is -0.671. The second-order valence-electron chi connectivity index (χ2n) is 5.45. The van der Waals surface area contributed by atoms with Gasteiger partial charge in [0.05, 0.1) is 22.8 Å². The Balaban J connectivity index is 2.32. The van der Waals surface area contributed by atoms with Crippen LogP contribution in [0.5, 0.6) is 0 Å². The Labute approximate surface area is 162 Å². The number of aromatic nitrogens is 1. The van der Waals surface area contributed by atoms with E-state index in [1.807, 2.05) is 19.1 Å². The van der Waals surface area contributed by atoms with Crippen molar-refractivity contribution in [3.63, 3.8) is 0 Å². The summed E-state index contributed by atoms with van der Waals surface area (Å²) < 4.78 is 0.996. The zero-order valence-electron chi connectivity index (χ0n) is 13.1. The van der Waals surface area contributed by atoms with Gasteiger partial charge in [-0.1, -0.05) is 17.7 Å². The van der Waals surface area contributed by atoms with Gasteiger partial charge in [0.25, 0.3) is 5.91 Å². The predicted octanol–water partition coefficient (Wildman–Crippen LogP) is 4.52. The average Bonchev–Trinajstić information content (AvgIpc) is 2.56. The Hall–Kier alpha value is -2.37. The molecule has 0 bridgehead atoms. The number of fused-ring (bicyclic) bond motifs is 1. The highest BCUT2D eigenvalue weighted by Gasteiger charge is 2.20. The first-order chi connectivity index (χ1) is 11.9. The van der Waals surface area contributed by atoms with Crippen molar-refractivity contribution in [2.75, 3.05) is 5.32 Å². The number of nitrogens with two attached hydrogens (primary N) is 1. The molecule has 0 fully saturated rings. The first kappa shape index (κ1) is 17.5. The van der Waals surface area contributed by atoms with E-state index in [-0.39, 0.29) is 10.7 Å². The van der Waals surface area contributed by atoms with Gasteiger partial charge in [0.1, 0.15) is 10.7 Å². The Morgan fingerprint density at radius 2 is 2.12 bits per heavy atom. The molecule has 0 unspecified atom stereocenters. The lowest BCUT2D eigenvalue weighted by molar-refractivity contribution is 0.100. The zero-order valence-corrected chi connectivity index (χ0v) is 16.0. The van der Waals surface area contributed by atoms with Crippen LogP contribution in [0.3, 0.4) is 0 Å². The van der Waals surface area contributed by atoms with Crippen LogP contribution in [-0.4, -0.2) is 10.9 Å². The van der Waals surface area contributed by atoms with Crippen molar-refractivity contribution >= 4 is 62.4 Å². The molecule has 0 saturated carbocycles. The second-order valence-corrected chi connectivity index (χ2v) is 7.06. The number of rotatable bonds is 3. The van der Waals surface area contributed by atoms with Crippen molar-refractivity contribution in [2.24, 2.45) is 5.73 Å². The van der Waals surface area contributed by atoms with Crippen LogP contribution in [0.15, 0.2) is 36.4 Å². The molecule has 0 spiro atoms. The Morgan fingerprint density at radius 3 is 2.80 bits per heavy atom. The number of hydrogen-bond acceptors (Lipinski definition) is 4. The average molecular weight is 463 g/mol. The number of carbonyl (C=O) groups is 1. The molecule has 3 rings (SSSR count). The lowest BCUT2D eigenvalue weighted by atomic mass is 10.0. The number of benzene rings is 2. The fourth-order valence-electron chi connectivity index (χ4n) is 2.63. The molecule has 1 heterocycles. The number of pyridine rings is 1. The highest BCUT2D eigenvalue weighted by Crippen LogP contribution is 2.35. The number of carbonyl (C=O) groups excluding carboxylic acids is 1. The summed E-state index contributed by atoms with van der Waals surface area (Å²) in [6.45, 7) is 1.93. The van der Waals surface area contributed by atoms with E-state index in [1.54, 1.807) is 24.3 Å². The summed E-state index contributed by atoms with van der Waals surface area (Å²) in [5, 5.41) is 13.0. The van der Waals surface area contributed by atoms with Crippen LogP contribution in [0, 0.1) is 21.8 Å². The third-order valence-electron chi connectivity index (χ3n) is 3.71. The minimum atomic E-state index is -0.671. The SMILES string of the molecule is Cc1cc(I)cc2c(Nc3cccc(C#N)c3)c(C(N)=O)c(Cl)nc12. The molecule has 0 aliphatic rings. The van der Waals surface area contributed by atoms with E-state index < -0.39 is 5.91 Å². The van der Waals surface area contributed by atoms with E-state index in [4.69, 9.17) is 22.6 Å². The number of nitriles is 1. The summed E-state index contributed by atoms with van der Waals surface area (Å²) >= 11 is 8.44. The molecule has 3 aromatic rings. The fourth-order valence-corrected chi connectivity index (χ4v) is 3.68. The Morgan fingerprint density at radius 1 is 1.36 bits per heavy atom. The van der Waals surface area contributed by atoms with Gasteiger partial charge in [0.2, 0.25) is 0 Å². The largest absolute Gasteiger partial charge is 0.365 e. The molecule has 2 aromatic carbocycles. The molecule has 1 amide bonds. The number of nitrogens with one attached hydrogen (secondary N) is 1. The van der Waals surface area contributed by atoms with Crippen LogP contribution in [0.4, 0.5) is 11.4 Å². The van der Waals surface area contributed by atoms with Gasteiger partial charge in [-0.25, -0.2) is 4.98 Å². The number of hydrogen-bond donors (Lipinski definition) is 2. The number of anilines is 2. The van der Waals surface area contributed by atoms with Gasteiger partial charge in [0, 0.05) is 14.6 Å². The third kappa shape index (κ3) is 3.38. The van der Waals surface area contributed by atoms with E-state index in [0.717, 1.165) is 14.5 Å². The first-order valence-corrected chi connectivity index (χ1v) is 8.72. The van der Waals surface area contributed by atoms with Crippen LogP contribution >= 0.6 is 34.2 Å². The van der Waals surface area contributed by atoms with Crippen molar-refractivity contribution in [1.29, 1.82) is 5.26 Å². The fraction of sp³-hybridized carbons (Fsp3) is 0.0556. The number of nitrogens with zero attached hydrogens (tertiary/aromatic N) is 2. The maximum absolute atomic E-state index is 12.0. The zero-order chi connectivity index (χ0) is 18.1. The first-order valence-electron chi connectivity index (χ1n) is 7.27. The predicted molar refractivity (Wildman–Crippen MR) is 107 cm³/mol. The molecule has 3 N–H and O–H groups in total. The molecule has 7 heteroatoms.